The maximum Gasteiger partial charge on any atom is 0.130 e. The Morgan fingerprint density at radius 1 is 1.16 bits per heavy atom. The number of benzene rings is 2. The van der Waals surface area contributed by atoms with E-state index in [0.29, 0.717) is 0 Å². The van der Waals surface area contributed by atoms with E-state index in [1.165, 1.54) is 0 Å². The first kappa shape index (κ1) is 13.9. The summed E-state index contributed by atoms with van der Waals surface area (Å²) >= 11 is 6.09. The Hall–Kier alpha value is -1.51. The van der Waals surface area contributed by atoms with Crippen LogP contribution in [0.15, 0.2) is 36.4 Å². The summed E-state index contributed by atoms with van der Waals surface area (Å²) in [7, 11) is 0. The van der Waals surface area contributed by atoms with Gasteiger partial charge in [0.15, 0.2) is 0 Å². The molecule has 0 radical (unpaired) electrons. The zero-order valence-corrected chi connectivity index (χ0v) is 11.9. The lowest BCUT2D eigenvalue weighted by Gasteiger charge is -2.11. The van der Waals surface area contributed by atoms with Crippen LogP contribution in [0, 0.1) is 6.92 Å². The average molecular weight is 277 g/mol. The van der Waals surface area contributed by atoms with E-state index < -0.39 is 0 Å². The highest BCUT2D eigenvalue weighted by Crippen LogP contribution is 2.29. The Balaban J connectivity index is 2.26. The molecule has 0 atom stereocenters. The second kappa shape index (κ2) is 6.09. The molecule has 2 nitrogen and oxygen atoms in total. The minimum Gasteiger partial charge on any atom is -0.457 e. The van der Waals surface area contributed by atoms with Gasteiger partial charge in [-0.3, -0.25) is 0 Å². The molecule has 3 heteroatoms. The molecule has 0 unspecified atom stereocenters. The lowest BCUT2D eigenvalue weighted by molar-refractivity contribution is 0.281. The van der Waals surface area contributed by atoms with Gasteiger partial charge in [-0.05, 0) is 54.3 Å². The van der Waals surface area contributed by atoms with Crippen molar-refractivity contribution in [3.63, 3.8) is 0 Å². The number of aliphatic hydroxyl groups is 1. The molecule has 2 aromatic rings. The van der Waals surface area contributed by atoms with E-state index >= 15 is 0 Å². The van der Waals surface area contributed by atoms with Crippen molar-refractivity contribution >= 4 is 11.6 Å². The number of ether oxygens (including phenoxy) is 1. The van der Waals surface area contributed by atoms with Crippen molar-refractivity contribution < 1.29 is 9.84 Å². The third-order valence-corrected chi connectivity index (χ3v) is 3.42. The first-order valence-corrected chi connectivity index (χ1v) is 6.68. The lowest BCUT2D eigenvalue weighted by atomic mass is 10.1. The largest absolute Gasteiger partial charge is 0.457 e. The molecule has 0 aromatic heterocycles. The van der Waals surface area contributed by atoms with Gasteiger partial charge in [0, 0.05) is 5.02 Å². The standard InChI is InChI=1S/C16H17ClO2/c1-3-13-9-14(5-6-15(13)17)19-16-7-4-12(10-18)8-11(16)2/h4-9,18H,3,10H2,1-2H3. The highest BCUT2D eigenvalue weighted by atomic mass is 35.5. The molecule has 2 rings (SSSR count). The van der Waals surface area contributed by atoms with E-state index in [2.05, 4.69) is 6.92 Å². The third kappa shape index (κ3) is 3.28. The van der Waals surface area contributed by atoms with E-state index in [0.717, 1.165) is 39.6 Å². The van der Waals surface area contributed by atoms with Gasteiger partial charge >= 0.3 is 0 Å². The van der Waals surface area contributed by atoms with E-state index in [9.17, 15) is 0 Å². The summed E-state index contributed by atoms with van der Waals surface area (Å²) in [6, 6.07) is 11.3. The van der Waals surface area contributed by atoms with Crippen LogP contribution in [0.5, 0.6) is 11.5 Å². The van der Waals surface area contributed by atoms with Crippen molar-refractivity contribution in [3.05, 3.63) is 58.1 Å². The molecule has 0 saturated carbocycles. The molecule has 0 aliphatic carbocycles. The number of hydrogen-bond donors (Lipinski definition) is 1. The maximum atomic E-state index is 9.09. The summed E-state index contributed by atoms with van der Waals surface area (Å²) in [5.41, 5.74) is 2.96. The fourth-order valence-electron chi connectivity index (χ4n) is 1.94. The summed E-state index contributed by atoms with van der Waals surface area (Å²) in [6.07, 6.45) is 0.873. The molecule has 0 bridgehead atoms. The summed E-state index contributed by atoms with van der Waals surface area (Å²) < 4.78 is 5.87. The van der Waals surface area contributed by atoms with Crippen LogP contribution in [0.25, 0.3) is 0 Å². The van der Waals surface area contributed by atoms with Crippen LogP contribution >= 0.6 is 11.6 Å². The number of rotatable bonds is 4. The second-order valence-electron chi connectivity index (χ2n) is 4.47. The molecule has 100 valence electrons. The molecule has 1 N–H and O–H groups in total. The van der Waals surface area contributed by atoms with E-state index in [1.807, 2.05) is 43.3 Å². The fourth-order valence-corrected chi connectivity index (χ4v) is 2.19. The fraction of sp³-hybridized carbons (Fsp3) is 0.250. The van der Waals surface area contributed by atoms with Gasteiger partial charge in [-0.15, -0.1) is 0 Å². The third-order valence-electron chi connectivity index (χ3n) is 3.05. The molecule has 0 spiro atoms. The van der Waals surface area contributed by atoms with Crippen molar-refractivity contribution in [1.82, 2.24) is 0 Å². The maximum absolute atomic E-state index is 9.09. The first-order valence-electron chi connectivity index (χ1n) is 6.30. The summed E-state index contributed by atoms with van der Waals surface area (Å²) in [5, 5.41) is 9.85. The highest BCUT2D eigenvalue weighted by molar-refractivity contribution is 6.31. The molecular formula is C16H17ClO2. The predicted octanol–water partition coefficient (Wildman–Crippen LogP) is 4.50. The monoisotopic (exact) mass is 276 g/mol. The van der Waals surface area contributed by atoms with Crippen LogP contribution < -0.4 is 4.74 Å². The van der Waals surface area contributed by atoms with E-state index in [4.69, 9.17) is 21.4 Å². The van der Waals surface area contributed by atoms with Crippen LogP contribution in [0.4, 0.5) is 0 Å². The van der Waals surface area contributed by atoms with Crippen molar-refractivity contribution in [1.29, 1.82) is 0 Å². The van der Waals surface area contributed by atoms with Gasteiger partial charge in [0.05, 0.1) is 6.61 Å². The Bertz CT molecular complexity index is 579. The average Bonchev–Trinajstić information content (AvgIpc) is 2.43. The molecule has 0 aliphatic rings. The SMILES string of the molecule is CCc1cc(Oc2ccc(CO)cc2C)ccc1Cl. The zero-order chi connectivity index (χ0) is 13.8. The van der Waals surface area contributed by atoms with Crippen LogP contribution in [0.1, 0.15) is 23.6 Å². The molecule has 19 heavy (non-hydrogen) atoms. The second-order valence-corrected chi connectivity index (χ2v) is 4.87. The molecule has 0 fully saturated rings. The Labute approximate surface area is 118 Å². The van der Waals surface area contributed by atoms with Gasteiger partial charge in [0.2, 0.25) is 0 Å². The van der Waals surface area contributed by atoms with Crippen molar-refractivity contribution in [2.75, 3.05) is 0 Å². The Morgan fingerprint density at radius 3 is 2.58 bits per heavy atom. The van der Waals surface area contributed by atoms with Gasteiger partial charge < -0.3 is 9.84 Å². The highest BCUT2D eigenvalue weighted by Gasteiger charge is 2.05. The van der Waals surface area contributed by atoms with Gasteiger partial charge in [0.25, 0.3) is 0 Å². The predicted molar refractivity (Wildman–Crippen MR) is 78.0 cm³/mol. The number of aryl methyl sites for hydroxylation is 2. The number of aliphatic hydroxyl groups excluding tert-OH is 1. The molecule has 0 heterocycles. The zero-order valence-electron chi connectivity index (χ0n) is 11.1. The molecular weight excluding hydrogens is 260 g/mol. The van der Waals surface area contributed by atoms with Crippen molar-refractivity contribution in [2.24, 2.45) is 0 Å². The topological polar surface area (TPSA) is 29.5 Å². The number of hydrogen-bond acceptors (Lipinski definition) is 2. The van der Waals surface area contributed by atoms with E-state index in [1.54, 1.807) is 0 Å². The molecule has 0 saturated heterocycles. The van der Waals surface area contributed by atoms with Gasteiger partial charge in [0.1, 0.15) is 11.5 Å². The number of halogens is 1. The normalized spacial score (nSPS) is 10.5. The summed E-state index contributed by atoms with van der Waals surface area (Å²) in [5.74, 6) is 1.57. The van der Waals surface area contributed by atoms with Crippen molar-refractivity contribution in [2.45, 2.75) is 26.9 Å². The van der Waals surface area contributed by atoms with Crippen LogP contribution in [0.2, 0.25) is 5.02 Å². The molecule has 2 aromatic carbocycles. The molecule has 0 amide bonds. The van der Waals surface area contributed by atoms with Gasteiger partial charge in [-0.1, -0.05) is 30.7 Å². The Morgan fingerprint density at radius 2 is 1.95 bits per heavy atom. The Kier molecular flexibility index (Phi) is 4.46. The quantitative estimate of drug-likeness (QED) is 0.891. The minimum absolute atomic E-state index is 0.0437. The van der Waals surface area contributed by atoms with Crippen LogP contribution in [-0.4, -0.2) is 5.11 Å². The first-order chi connectivity index (χ1) is 9.13. The van der Waals surface area contributed by atoms with Gasteiger partial charge in [-0.2, -0.15) is 0 Å². The summed E-state index contributed by atoms with van der Waals surface area (Å²) in [6.45, 7) is 4.07. The van der Waals surface area contributed by atoms with Crippen LogP contribution in [0.3, 0.4) is 0 Å². The smallest absolute Gasteiger partial charge is 0.130 e. The molecule has 0 aliphatic heterocycles. The minimum atomic E-state index is 0.0437. The summed E-state index contributed by atoms with van der Waals surface area (Å²) in [4.78, 5) is 0. The van der Waals surface area contributed by atoms with Gasteiger partial charge in [-0.25, -0.2) is 0 Å². The lowest BCUT2D eigenvalue weighted by Crippen LogP contribution is -1.92. The van der Waals surface area contributed by atoms with Crippen LogP contribution in [-0.2, 0) is 13.0 Å². The van der Waals surface area contributed by atoms with E-state index in [-0.39, 0.29) is 6.61 Å². The van der Waals surface area contributed by atoms with Crippen molar-refractivity contribution in [3.8, 4) is 11.5 Å².